The fourth-order valence-electron chi connectivity index (χ4n) is 1.22. The first-order chi connectivity index (χ1) is 7.47. The predicted molar refractivity (Wildman–Crippen MR) is 72.7 cm³/mol. The number of aromatic nitrogens is 1. The van der Waals surface area contributed by atoms with Crippen LogP contribution in [0.15, 0.2) is 24.4 Å². The van der Waals surface area contributed by atoms with Crippen molar-refractivity contribution in [2.45, 2.75) is 45.0 Å². The van der Waals surface area contributed by atoms with Gasteiger partial charge >= 0.3 is 0 Å². The van der Waals surface area contributed by atoms with E-state index in [4.69, 9.17) is 0 Å². The lowest BCUT2D eigenvalue weighted by Gasteiger charge is -2.21. The second-order valence-electron chi connectivity index (χ2n) is 5.03. The average molecular weight is 238 g/mol. The van der Waals surface area contributed by atoms with Crippen molar-refractivity contribution < 1.29 is 0 Å². The van der Waals surface area contributed by atoms with E-state index in [0.717, 1.165) is 18.0 Å². The van der Waals surface area contributed by atoms with Gasteiger partial charge in [0, 0.05) is 29.3 Å². The minimum absolute atomic E-state index is 0.348. The van der Waals surface area contributed by atoms with Gasteiger partial charge in [-0.25, -0.2) is 0 Å². The van der Waals surface area contributed by atoms with Gasteiger partial charge in [-0.05, 0) is 19.1 Å². The second kappa shape index (κ2) is 6.26. The Bertz CT molecular complexity index is 293. The summed E-state index contributed by atoms with van der Waals surface area (Å²) in [4.78, 5) is 4.29. The molecule has 3 heteroatoms. The topological polar surface area (TPSA) is 24.9 Å². The lowest BCUT2D eigenvalue weighted by molar-refractivity contribution is 0.586. The number of pyridine rings is 1. The molecule has 1 aromatic rings. The molecule has 0 aliphatic heterocycles. The molecular formula is C13H22N2S. The number of rotatable bonds is 5. The van der Waals surface area contributed by atoms with Gasteiger partial charge in [0.25, 0.3) is 0 Å². The van der Waals surface area contributed by atoms with Gasteiger partial charge in [-0.2, -0.15) is 11.8 Å². The van der Waals surface area contributed by atoms with Crippen LogP contribution < -0.4 is 5.32 Å². The molecule has 1 N–H and O–H groups in total. The van der Waals surface area contributed by atoms with Gasteiger partial charge in [-0.15, -0.1) is 0 Å². The summed E-state index contributed by atoms with van der Waals surface area (Å²) < 4.78 is 0.348. The molecule has 0 aliphatic carbocycles. The molecule has 1 rings (SSSR count). The number of hydrogen-bond donors (Lipinski definition) is 1. The van der Waals surface area contributed by atoms with Crippen LogP contribution in [0.3, 0.4) is 0 Å². The van der Waals surface area contributed by atoms with E-state index >= 15 is 0 Å². The van der Waals surface area contributed by atoms with Crippen LogP contribution in [0.1, 0.15) is 33.4 Å². The van der Waals surface area contributed by atoms with Crippen molar-refractivity contribution in [3.05, 3.63) is 30.1 Å². The van der Waals surface area contributed by atoms with E-state index in [-0.39, 0.29) is 0 Å². The number of thioether (sulfide) groups is 1. The molecule has 2 nitrogen and oxygen atoms in total. The summed E-state index contributed by atoms with van der Waals surface area (Å²) in [5.41, 5.74) is 1.11. The van der Waals surface area contributed by atoms with E-state index in [2.05, 4.69) is 44.1 Å². The van der Waals surface area contributed by atoms with Gasteiger partial charge in [0.15, 0.2) is 0 Å². The molecule has 0 radical (unpaired) electrons. The fourth-order valence-corrected chi connectivity index (χ4v) is 2.08. The molecule has 1 atom stereocenters. The van der Waals surface area contributed by atoms with E-state index in [1.54, 1.807) is 0 Å². The largest absolute Gasteiger partial charge is 0.308 e. The van der Waals surface area contributed by atoms with E-state index in [0.29, 0.717) is 10.8 Å². The van der Waals surface area contributed by atoms with E-state index in [1.165, 1.54) is 0 Å². The maximum atomic E-state index is 4.29. The van der Waals surface area contributed by atoms with Crippen molar-refractivity contribution in [1.29, 1.82) is 0 Å². The Balaban J connectivity index is 2.23. The zero-order valence-electron chi connectivity index (χ0n) is 10.7. The molecule has 0 aliphatic rings. The first-order valence-corrected chi connectivity index (χ1v) is 6.73. The summed E-state index contributed by atoms with van der Waals surface area (Å²) in [6, 6.07) is 6.55. The normalized spacial score (nSPS) is 13.8. The van der Waals surface area contributed by atoms with Crippen LogP contribution in [0, 0.1) is 0 Å². The molecule has 0 bridgehead atoms. The van der Waals surface area contributed by atoms with Crippen molar-refractivity contribution >= 4 is 11.8 Å². The SMILES string of the molecule is CC(CSC(C)(C)C)NCc1ccccn1. The van der Waals surface area contributed by atoms with Gasteiger partial charge < -0.3 is 5.32 Å². The van der Waals surface area contributed by atoms with Gasteiger partial charge in [-0.1, -0.05) is 26.8 Å². The third-order valence-corrected chi connectivity index (χ3v) is 3.66. The molecular weight excluding hydrogens is 216 g/mol. The third kappa shape index (κ3) is 6.13. The van der Waals surface area contributed by atoms with E-state index in [1.807, 2.05) is 30.1 Å². The molecule has 0 spiro atoms. The monoisotopic (exact) mass is 238 g/mol. The molecule has 1 heterocycles. The Morgan fingerprint density at radius 2 is 2.12 bits per heavy atom. The van der Waals surface area contributed by atoms with Crippen molar-refractivity contribution in [3.63, 3.8) is 0 Å². The highest BCUT2D eigenvalue weighted by Crippen LogP contribution is 2.23. The van der Waals surface area contributed by atoms with Gasteiger partial charge in [-0.3, -0.25) is 4.98 Å². The molecule has 0 saturated heterocycles. The third-order valence-electron chi connectivity index (χ3n) is 2.12. The summed E-state index contributed by atoms with van der Waals surface area (Å²) in [6.45, 7) is 9.84. The van der Waals surface area contributed by atoms with E-state index < -0.39 is 0 Å². The summed E-state index contributed by atoms with van der Waals surface area (Å²) in [5, 5.41) is 3.49. The van der Waals surface area contributed by atoms with Crippen molar-refractivity contribution in [2.75, 3.05) is 5.75 Å². The van der Waals surface area contributed by atoms with Gasteiger partial charge in [0.05, 0.1) is 5.69 Å². The number of nitrogens with one attached hydrogen (secondary N) is 1. The minimum Gasteiger partial charge on any atom is -0.308 e. The summed E-state index contributed by atoms with van der Waals surface area (Å²) in [5.74, 6) is 1.14. The smallest absolute Gasteiger partial charge is 0.0541 e. The molecule has 0 saturated carbocycles. The highest BCUT2D eigenvalue weighted by Gasteiger charge is 2.12. The molecule has 90 valence electrons. The maximum Gasteiger partial charge on any atom is 0.0541 e. The Labute approximate surface area is 103 Å². The summed E-state index contributed by atoms with van der Waals surface area (Å²) in [7, 11) is 0. The van der Waals surface area contributed by atoms with Crippen molar-refractivity contribution in [1.82, 2.24) is 10.3 Å². The number of nitrogens with zero attached hydrogens (tertiary/aromatic N) is 1. The van der Waals surface area contributed by atoms with Crippen LogP contribution >= 0.6 is 11.8 Å². The molecule has 16 heavy (non-hydrogen) atoms. The average Bonchev–Trinajstić information content (AvgIpc) is 2.24. The zero-order chi connectivity index (χ0) is 12.0. The molecule has 0 amide bonds. The lowest BCUT2D eigenvalue weighted by Crippen LogP contribution is -2.29. The molecule has 1 aromatic heterocycles. The first kappa shape index (κ1) is 13.5. The van der Waals surface area contributed by atoms with Crippen LogP contribution in [0.5, 0.6) is 0 Å². The highest BCUT2D eigenvalue weighted by molar-refractivity contribution is 8.00. The molecule has 0 aromatic carbocycles. The second-order valence-corrected chi connectivity index (χ2v) is 6.87. The Morgan fingerprint density at radius 1 is 1.38 bits per heavy atom. The molecule has 0 fully saturated rings. The Kier molecular flexibility index (Phi) is 5.29. The Hall–Kier alpha value is -0.540. The van der Waals surface area contributed by atoms with Gasteiger partial charge in [0.1, 0.15) is 0 Å². The predicted octanol–water partition coefficient (Wildman–Crippen LogP) is 3.09. The maximum absolute atomic E-state index is 4.29. The summed E-state index contributed by atoms with van der Waals surface area (Å²) in [6.07, 6.45) is 1.84. The quantitative estimate of drug-likeness (QED) is 0.853. The van der Waals surface area contributed by atoms with Crippen molar-refractivity contribution in [3.8, 4) is 0 Å². The van der Waals surface area contributed by atoms with Crippen molar-refractivity contribution in [2.24, 2.45) is 0 Å². The van der Waals surface area contributed by atoms with Crippen LogP contribution in [0.2, 0.25) is 0 Å². The highest BCUT2D eigenvalue weighted by atomic mass is 32.2. The first-order valence-electron chi connectivity index (χ1n) is 5.74. The van der Waals surface area contributed by atoms with Crippen LogP contribution in [-0.2, 0) is 6.54 Å². The lowest BCUT2D eigenvalue weighted by atomic mass is 10.3. The van der Waals surface area contributed by atoms with Crippen LogP contribution in [0.25, 0.3) is 0 Å². The van der Waals surface area contributed by atoms with E-state index in [9.17, 15) is 0 Å². The summed E-state index contributed by atoms with van der Waals surface area (Å²) >= 11 is 1.99. The fraction of sp³-hybridized carbons (Fsp3) is 0.615. The zero-order valence-corrected chi connectivity index (χ0v) is 11.5. The van der Waals surface area contributed by atoms with Crippen LogP contribution in [-0.4, -0.2) is 21.5 Å². The standard InChI is InChI=1S/C13H22N2S/c1-11(10-16-13(2,3)4)15-9-12-7-5-6-8-14-12/h5-8,11,15H,9-10H2,1-4H3. The number of hydrogen-bond acceptors (Lipinski definition) is 3. The van der Waals surface area contributed by atoms with Gasteiger partial charge in [0.2, 0.25) is 0 Å². The van der Waals surface area contributed by atoms with Crippen LogP contribution in [0.4, 0.5) is 0 Å². The minimum atomic E-state index is 0.348. The Morgan fingerprint density at radius 3 is 2.69 bits per heavy atom. The molecule has 1 unspecified atom stereocenters.